The van der Waals surface area contributed by atoms with Crippen LogP contribution in [0.5, 0.6) is 5.75 Å². The third kappa shape index (κ3) is 5.67. The summed E-state index contributed by atoms with van der Waals surface area (Å²) < 4.78 is 0. The van der Waals surface area contributed by atoms with Crippen LogP contribution in [0.1, 0.15) is 55.3 Å². The second kappa shape index (κ2) is 8.51. The van der Waals surface area contributed by atoms with Gasteiger partial charge in [-0.25, -0.2) is 0 Å². The lowest BCUT2D eigenvalue weighted by Gasteiger charge is -2.02. The van der Waals surface area contributed by atoms with Crippen LogP contribution in [0.4, 0.5) is 0 Å². The van der Waals surface area contributed by atoms with E-state index in [1.807, 2.05) is 6.08 Å². The van der Waals surface area contributed by atoms with Crippen molar-refractivity contribution in [2.24, 2.45) is 0 Å². The Morgan fingerprint density at radius 1 is 1.22 bits per heavy atom. The number of unbranched alkanes of at least 4 members (excludes halogenated alkanes) is 5. The molecule has 1 rings (SSSR count). The van der Waals surface area contributed by atoms with Crippen molar-refractivity contribution in [2.45, 2.75) is 44.9 Å². The van der Waals surface area contributed by atoms with Gasteiger partial charge < -0.3 is 5.11 Å². The van der Waals surface area contributed by atoms with Gasteiger partial charge in [0.25, 0.3) is 0 Å². The molecule has 18 heavy (non-hydrogen) atoms. The van der Waals surface area contributed by atoms with Crippen molar-refractivity contribution in [1.29, 1.82) is 0 Å². The highest BCUT2D eigenvalue weighted by molar-refractivity contribution is 5.96. The molecule has 0 aliphatic heterocycles. The van der Waals surface area contributed by atoms with E-state index in [4.69, 9.17) is 0 Å². The molecule has 0 heterocycles. The molecule has 2 heteroatoms. The first-order chi connectivity index (χ1) is 8.74. The molecular formula is C16H21O2. The summed E-state index contributed by atoms with van der Waals surface area (Å²) in [5.41, 5.74) is 0.488. The summed E-state index contributed by atoms with van der Waals surface area (Å²) in [6.07, 6.45) is 9.14. The lowest BCUT2D eigenvalue weighted by atomic mass is 10.0. The zero-order valence-corrected chi connectivity index (χ0v) is 10.8. The quantitative estimate of drug-likeness (QED) is 0.400. The van der Waals surface area contributed by atoms with E-state index in [9.17, 15) is 9.90 Å². The number of hydrogen-bond donors (Lipinski definition) is 1. The fraction of sp³-hybridized carbons (Fsp3) is 0.438. The maximum Gasteiger partial charge on any atom is 0.163 e. The maximum atomic E-state index is 11.8. The van der Waals surface area contributed by atoms with Gasteiger partial charge in [-0.15, -0.1) is 6.58 Å². The van der Waals surface area contributed by atoms with Crippen LogP contribution in [0.25, 0.3) is 0 Å². The first-order valence-corrected chi connectivity index (χ1v) is 6.59. The highest BCUT2D eigenvalue weighted by Gasteiger charge is 2.06. The predicted octanol–water partition coefficient (Wildman–Crippen LogP) is 4.29. The summed E-state index contributed by atoms with van der Waals surface area (Å²) in [7, 11) is 0. The van der Waals surface area contributed by atoms with Gasteiger partial charge in [0.2, 0.25) is 0 Å². The molecule has 1 radical (unpaired) electrons. The number of phenolic OH excluding ortho intramolecular Hbond substituents is 1. The van der Waals surface area contributed by atoms with Crippen LogP contribution in [0.2, 0.25) is 0 Å². The summed E-state index contributed by atoms with van der Waals surface area (Å²) in [5.74, 6) is 0.0993. The molecule has 97 valence electrons. The fourth-order valence-electron chi connectivity index (χ4n) is 1.86. The van der Waals surface area contributed by atoms with Crippen molar-refractivity contribution >= 4 is 5.78 Å². The number of hydrogen-bond acceptors (Lipinski definition) is 2. The zero-order valence-electron chi connectivity index (χ0n) is 10.8. The van der Waals surface area contributed by atoms with Crippen molar-refractivity contribution in [3.8, 4) is 5.75 Å². The van der Waals surface area contributed by atoms with Gasteiger partial charge in [-0.2, -0.15) is 0 Å². The molecule has 1 aromatic rings. The molecule has 0 atom stereocenters. The summed E-state index contributed by atoms with van der Waals surface area (Å²) in [5, 5.41) is 9.24. The van der Waals surface area contributed by atoms with Crippen LogP contribution in [0.15, 0.2) is 30.9 Å². The van der Waals surface area contributed by atoms with Crippen molar-refractivity contribution in [3.63, 3.8) is 0 Å². The van der Waals surface area contributed by atoms with Crippen LogP contribution in [0, 0.1) is 6.07 Å². The average molecular weight is 245 g/mol. The van der Waals surface area contributed by atoms with Gasteiger partial charge in [0.15, 0.2) is 5.78 Å². The smallest absolute Gasteiger partial charge is 0.163 e. The molecule has 1 N–H and O–H groups in total. The molecule has 0 aromatic heterocycles. The van der Waals surface area contributed by atoms with E-state index in [2.05, 4.69) is 12.6 Å². The highest BCUT2D eigenvalue weighted by atomic mass is 16.3. The molecule has 0 bridgehead atoms. The molecule has 0 fully saturated rings. The first-order valence-electron chi connectivity index (χ1n) is 6.59. The van der Waals surface area contributed by atoms with Gasteiger partial charge in [-0.1, -0.05) is 37.5 Å². The standard InChI is InChI=1S/C16H21O2/c1-2-3-4-5-6-7-8-12-16(18)14-10-9-11-15(17)13-14/h2,9-11,17H,1,3-8,12H2. The third-order valence-electron chi connectivity index (χ3n) is 2.89. The van der Waals surface area contributed by atoms with Gasteiger partial charge in [-0.05, 0) is 25.3 Å². The molecule has 0 aliphatic rings. The summed E-state index contributed by atoms with van der Waals surface area (Å²) in [4.78, 5) is 11.8. The minimum absolute atomic E-state index is 0.0327. The second-order valence-corrected chi connectivity index (χ2v) is 4.47. The lowest BCUT2D eigenvalue weighted by Crippen LogP contribution is -1.98. The minimum atomic E-state index is 0.0327. The lowest BCUT2D eigenvalue weighted by molar-refractivity contribution is 0.0978. The van der Waals surface area contributed by atoms with Gasteiger partial charge >= 0.3 is 0 Å². The van der Waals surface area contributed by atoms with Gasteiger partial charge in [0.1, 0.15) is 5.75 Å². The predicted molar refractivity (Wildman–Crippen MR) is 73.8 cm³/mol. The Morgan fingerprint density at radius 2 is 1.94 bits per heavy atom. The Hall–Kier alpha value is -1.57. The molecule has 0 unspecified atom stereocenters. The van der Waals surface area contributed by atoms with Gasteiger partial charge in [-0.3, -0.25) is 4.79 Å². The number of benzene rings is 1. The Kier molecular flexibility index (Phi) is 6.85. The molecule has 2 nitrogen and oxygen atoms in total. The number of phenols is 1. The van der Waals surface area contributed by atoms with Crippen LogP contribution in [-0.2, 0) is 0 Å². The molecule has 1 aromatic carbocycles. The number of rotatable bonds is 9. The Bertz CT molecular complexity index is 382. The number of carbonyl (C=O) groups is 1. The third-order valence-corrected chi connectivity index (χ3v) is 2.89. The number of allylic oxidation sites excluding steroid dienone is 1. The van der Waals surface area contributed by atoms with E-state index in [1.54, 1.807) is 12.1 Å². The van der Waals surface area contributed by atoms with Crippen molar-refractivity contribution in [3.05, 3.63) is 42.5 Å². The number of ketones is 1. The first kappa shape index (κ1) is 14.5. The van der Waals surface area contributed by atoms with E-state index >= 15 is 0 Å². The summed E-state index contributed by atoms with van der Waals surface area (Å²) in [6, 6.07) is 7.57. The minimum Gasteiger partial charge on any atom is -0.507 e. The summed E-state index contributed by atoms with van der Waals surface area (Å²) in [6.45, 7) is 3.69. The van der Waals surface area contributed by atoms with Crippen LogP contribution < -0.4 is 0 Å². The molecular weight excluding hydrogens is 224 g/mol. The van der Waals surface area contributed by atoms with Gasteiger partial charge in [0, 0.05) is 18.1 Å². The van der Waals surface area contributed by atoms with Crippen LogP contribution >= 0.6 is 0 Å². The van der Waals surface area contributed by atoms with Crippen molar-refractivity contribution in [2.75, 3.05) is 0 Å². The Morgan fingerprint density at radius 3 is 2.67 bits per heavy atom. The van der Waals surface area contributed by atoms with Gasteiger partial charge in [0.05, 0.1) is 0 Å². The van der Waals surface area contributed by atoms with E-state index in [-0.39, 0.29) is 11.5 Å². The zero-order chi connectivity index (χ0) is 13.2. The molecule has 0 amide bonds. The number of aromatic hydroxyl groups is 1. The molecule has 0 saturated heterocycles. The second-order valence-electron chi connectivity index (χ2n) is 4.47. The molecule has 0 aliphatic carbocycles. The van der Waals surface area contributed by atoms with E-state index in [1.165, 1.54) is 25.3 Å². The monoisotopic (exact) mass is 245 g/mol. The molecule has 0 spiro atoms. The Balaban J connectivity index is 2.16. The average Bonchev–Trinajstić information content (AvgIpc) is 2.37. The van der Waals surface area contributed by atoms with E-state index in [0.29, 0.717) is 12.0 Å². The van der Waals surface area contributed by atoms with Crippen molar-refractivity contribution in [1.82, 2.24) is 0 Å². The SMILES string of the molecule is C=CCCCCCCCC(=O)c1[c]c(O)ccc1. The number of Topliss-reactive ketones (excluding diaryl/α,β-unsaturated/α-hetero) is 1. The highest BCUT2D eigenvalue weighted by Crippen LogP contribution is 2.14. The van der Waals surface area contributed by atoms with Crippen LogP contribution in [-0.4, -0.2) is 10.9 Å². The number of carbonyl (C=O) groups excluding carboxylic acids is 1. The largest absolute Gasteiger partial charge is 0.507 e. The Labute approximate surface area is 109 Å². The normalized spacial score (nSPS) is 10.2. The van der Waals surface area contributed by atoms with E-state index < -0.39 is 0 Å². The maximum absolute atomic E-state index is 11.8. The fourth-order valence-corrected chi connectivity index (χ4v) is 1.86. The van der Waals surface area contributed by atoms with Crippen molar-refractivity contribution < 1.29 is 9.90 Å². The molecule has 0 saturated carbocycles. The van der Waals surface area contributed by atoms with E-state index in [0.717, 1.165) is 19.3 Å². The van der Waals surface area contributed by atoms with Crippen LogP contribution in [0.3, 0.4) is 0 Å². The topological polar surface area (TPSA) is 37.3 Å². The summed E-state index contributed by atoms with van der Waals surface area (Å²) >= 11 is 0.